The van der Waals surface area contributed by atoms with Crippen LogP contribution >= 0.6 is 12.2 Å². The van der Waals surface area contributed by atoms with Crippen molar-refractivity contribution in [1.29, 1.82) is 0 Å². The van der Waals surface area contributed by atoms with Crippen molar-refractivity contribution in [1.82, 2.24) is 4.90 Å². The largest absolute Gasteiger partial charge is 0.507 e. The van der Waals surface area contributed by atoms with Crippen LogP contribution in [0.5, 0.6) is 5.75 Å². The number of aromatic hydroxyl groups is 1. The molecule has 2 aromatic rings. The van der Waals surface area contributed by atoms with Gasteiger partial charge in [0.1, 0.15) is 5.75 Å². The number of benzene rings is 2. The molecule has 3 rings (SSSR count). The van der Waals surface area contributed by atoms with Gasteiger partial charge in [0.05, 0.1) is 6.54 Å². The van der Waals surface area contributed by atoms with Crippen molar-refractivity contribution in [3.63, 3.8) is 0 Å². The lowest BCUT2D eigenvalue weighted by Crippen LogP contribution is -2.42. The van der Waals surface area contributed by atoms with Gasteiger partial charge in [0, 0.05) is 22.4 Å². The number of anilines is 1. The minimum Gasteiger partial charge on any atom is -0.507 e. The second-order valence-electron chi connectivity index (χ2n) is 9.40. The maximum Gasteiger partial charge on any atom is 0.260 e. The minimum atomic E-state index is -0.298. The number of thiocarbonyl (C=S) groups is 1. The number of fused-ring (bicyclic) bond motifs is 1. The van der Waals surface area contributed by atoms with Gasteiger partial charge in [0.25, 0.3) is 5.91 Å². The molecule has 148 valence electrons. The number of phenols is 1. The molecule has 0 aromatic heterocycles. The molecule has 0 unspecified atom stereocenters. The molecule has 0 saturated carbocycles. The molecule has 0 bridgehead atoms. The Balaban J connectivity index is 2.08. The van der Waals surface area contributed by atoms with Crippen LogP contribution in [0.2, 0.25) is 0 Å². The van der Waals surface area contributed by atoms with Gasteiger partial charge in [-0.05, 0) is 46.8 Å². The summed E-state index contributed by atoms with van der Waals surface area (Å²) in [5.74, 6) is 0.101. The Morgan fingerprint density at radius 3 is 2.11 bits per heavy atom. The molecule has 0 spiro atoms. The van der Waals surface area contributed by atoms with Crippen molar-refractivity contribution >= 4 is 28.9 Å². The monoisotopic (exact) mass is 396 g/mol. The van der Waals surface area contributed by atoms with Gasteiger partial charge < -0.3 is 10.4 Å². The van der Waals surface area contributed by atoms with Crippen LogP contribution in [0.4, 0.5) is 5.69 Å². The van der Waals surface area contributed by atoms with E-state index in [2.05, 4.69) is 5.32 Å². The Morgan fingerprint density at radius 1 is 1.04 bits per heavy atom. The first-order valence-corrected chi connectivity index (χ1v) is 9.89. The molecule has 28 heavy (non-hydrogen) atoms. The van der Waals surface area contributed by atoms with Crippen LogP contribution in [0.25, 0.3) is 0 Å². The number of phenolic OH excluding ortho intramolecular Hbond substituents is 1. The highest BCUT2D eigenvalue weighted by molar-refractivity contribution is 7.80. The summed E-state index contributed by atoms with van der Waals surface area (Å²) in [5, 5.41) is 14.4. The number of para-hydroxylation sites is 1. The van der Waals surface area contributed by atoms with Gasteiger partial charge in [-0.1, -0.05) is 59.7 Å². The Kier molecular flexibility index (Phi) is 5.00. The van der Waals surface area contributed by atoms with Crippen molar-refractivity contribution in [2.75, 3.05) is 5.32 Å². The van der Waals surface area contributed by atoms with Crippen LogP contribution in [-0.2, 0) is 17.4 Å². The number of nitrogens with one attached hydrogen (secondary N) is 1. The van der Waals surface area contributed by atoms with E-state index in [1.165, 1.54) is 0 Å². The van der Waals surface area contributed by atoms with Gasteiger partial charge in [0.15, 0.2) is 5.11 Å². The van der Waals surface area contributed by atoms with E-state index in [1.807, 2.05) is 65.8 Å². The lowest BCUT2D eigenvalue weighted by atomic mass is 9.78. The van der Waals surface area contributed by atoms with E-state index in [9.17, 15) is 9.90 Å². The van der Waals surface area contributed by atoms with E-state index >= 15 is 0 Å². The number of nitrogens with zero attached hydrogens (tertiary/aromatic N) is 1. The molecular weight excluding hydrogens is 368 g/mol. The highest BCUT2D eigenvalue weighted by Crippen LogP contribution is 2.40. The van der Waals surface area contributed by atoms with Crippen molar-refractivity contribution in [2.45, 2.75) is 58.9 Å². The van der Waals surface area contributed by atoms with Crippen LogP contribution in [0.1, 0.15) is 68.6 Å². The molecule has 1 heterocycles. The normalized spacial score (nSPS) is 14.5. The predicted octanol–water partition coefficient (Wildman–Crippen LogP) is 5.34. The minimum absolute atomic E-state index is 0.164. The van der Waals surface area contributed by atoms with Crippen molar-refractivity contribution in [3.05, 3.63) is 58.7 Å². The molecule has 5 heteroatoms. The van der Waals surface area contributed by atoms with E-state index in [4.69, 9.17) is 12.2 Å². The second-order valence-corrected chi connectivity index (χ2v) is 9.79. The first kappa shape index (κ1) is 20.3. The highest BCUT2D eigenvalue weighted by atomic mass is 32.1. The number of amides is 1. The average Bonchev–Trinajstić information content (AvgIpc) is 2.58. The van der Waals surface area contributed by atoms with E-state index in [0.717, 1.165) is 22.4 Å². The summed E-state index contributed by atoms with van der Waals surface area (Å²) in [7, 11) is 0. The zero-order valence-electron chi connectivity index (χ0n) is 17.4. The molecule has 0 saturated heterocycles. The third-order valence-corrected chi connectivity index (χ3v) is 5.37. The molecular formula is C23H28N2O2S. The van der Waals surface area contributed by atoms with E-state index < -0.39 is 0 Å². The summed E-state index contributed by atoms with van der Waals surface area (Å²) < 4.78 is 0. The molecule has 0 atom stereocenters. The fourth-order valence-corrected chi connectivity index (χ4v) is 3.68. The number of hydrogen-bond donors (Lipinski definition) is 2. The summed E-state index contributed by atoms with van der Waals surface area (Å²) in [6, 6.07) is 11.4. The fourth-order valence-electron chi connectivity index (χ4n) is 3.43. The quantitative estimate of drug-likeness (QED) is 0.639. The fraction of sp³-hybridized carbons (Fsp3) is 0.391. The predicted molar refractivity (Wildman–Crippen MR) is 118 cm³/mol. The van der Waals surface area contributed by atoms with Gasteiger partial charge >= 0.3 is 0 Å². The van der Waals surface area contributed by atoms with Gasteiger partial charge in [0.2, 0.25) is 0 Å². The summed E-state index contributed by atoms with van der Waals surface area (Å²) in [6.45, 7) is 12.6. The molecule has 2 aromatic carbocycles. The first-order chi connectivity index (χ1) is 12.9. The summed E-state index contributed by atoms with van der Waals surface area (Å²) in [4.78, 5) is 15.0. The molecule has 1 aliphatic rings. The maximum absolute atomic E-state index is 13.4. The highest BCUT2D eigenvalue weighted by Gasteiger charge is 2.31. The van der Waals surface area contributed by atoms with Crippen molar-refractivity contribution < 1.29 is 9.90 Å². The SMILES string of the molecule is CC(C)(C)c1cc(C(=O)N2Cc3ccccc3NC2=S)cc(C(C)(C)C)c1O. The van der Waals surface area contributed by atoms with Gasteiger partial charge in [-0.25, -0.2) is 0 Å². The topological polar surface area (TPSA) is 52.6 Å². The standard InChI is InChI=1S/C23H28N2O2S/c1-22(2,3)16-11-15(12-17(19(16)26)23(4,5)6)20(27)25-13-14-9-7-8-10-18(14)24-21(25)28/h7-12,26H,13H2,1-6H3,(H,24,28). The van der Waals surface area contributed by atoms with E-state index in [-0.39, 0.29) is 22.5 Å². The van der Waals surface area contributed by atoms with Gasteiger partial charge in [-0.15, -0.1) is 0 Å². The third-order valence-electron chi connectivity index (χ3n) is 5.05. The number of rotatable bonds is 1. The Morgan fingerprint density at radius 2 is 1.57 bits per heavy atom. The van der Waals surface area contributed by atoms with Crippen molar-refractivity contribution in [3.8, 4) is 5.75 Å². The molecule has 1 aliphatic heterocycles. The smallest absolute Gasteiger partial charge is 0.260 e. The molecule has 1 amide bonds. The third kappa shape index (κ3) is 3.76. The van der Waals surface area contributed by atoms with E-state index in [0.29, 0.717) is 17.2 Å². The molecule has 0 fully saturated rings. The maximum atomic E-state index is 13.4. The molecule has 0 aliphatic carbocycles. The van der Waals surface area contributed by atoms with Crippen LogP contribution in [0.15, 0.2) is 36.4 Å². The summed E-state index contributed by atoms with van der Waals surface area (Å²) in [5.41, 5.74) is 3.43. The number of carbonyl (C=O) groups is 1. The van der Waals surface area contributed by atoms with Crippen LogP contribution in [0.3, 0.4) is 0 Å². The second kappa shape index (κ2) is 6.89. The van der Waals surface area contributed by atoms with Crippen molar-refractivity contribution in [2.24, 2.45) is 0 Å². The van der Waals surface area contributed by atoms with Crippen LogP contribution < -0.4 is 5.32 Å². The lowest BCUT2D eigenvalue weighted by molar-refractivity contribution is 0.0840. The summed E-state index contributed by atoms with van der Waals surface area (Å²) >= 11 is 5.46. The zero-order chi connectivity index (χ0) is 20.9. The Labute approximate surface area is 172 Å². The first-order valence-electron chi connectivity index (χ1n) is 9.48. The molecule has 0 radical (unpaired) electrons. The van der Waals surface area contributed by atoms with Crippen LogP contribution in [-0.4, -0.2) is 21.0 Å². The Bertz CT molecular complexity index is 917. The van der Waals surface area contributed by atoms with Gasteiger partial charge in [-0.3, -0.25) is 9.69 Å². The number of carbonyl (C=O) groups excluding carboxylic acids is 1. The zero-order valence-corrected chi connectivity index (χ0v) is 18.2. The van der Waals surface area contributed by atoms with E-state index in [1.54, 1.807) is 17.0 Å². The Hall–Kier alpha value is -2.40. The lowest BCUT2D eigenvalue weighted by Gasteiger charge is -2.32. The summed E-state index contributed by atoms with van der Waals surface area (Å²) in [6.07, 6.45) is 0. The van der Waals surface area contributed by atoms with Gasteiger partial charge in [-0.2, -0.15) is 0 Å². The molecule has 2 N–H and O–H groups in total. The number of hydrogen-bond acceptors (Lipinski definition) is 3. The molecule has 4 nitrogen and oxygen atoms in total. The average molecular weight is 397 g/mol. The van der Waals surface area contributed by atoms with Crippen LogP contribution in [0, 0.1) is 0 Å².